The number of carbonyl (C=O) groups is 2. The highest BCUT2D eigenvalue weighted by Crippen LogP contribution is 2.36. The Morgan fingerprint density at radius 3 is 2.81 bits per heavy atom. The Morgan fingerprint density at radius 2 is 2.14 bits per heavy atom. The first-order valence-electron chi connectivity index (χ1n) is 6.94. The van der Waals surface area contributed by atoms with Crippen LogP contribution in [0.4, 0.5) is 10.1 Å². The highest BCUT2D eigenvalue weighted by atomic mass is 19.1. The number of para-hydroxylation sites is 1. The van der Waals surface area contributed by atoms with Crippen LogP contribution < -0.4 is 11.1 Å². The van der Waals surface area contributed by atoms with Gasteiger partial charge < -0.3 is 16.2 Å². The molecule has 0 aromatic heterocycles. The summed E-state index contributed by atoms with van der Waals surface area (Å²) in [6.45, 7) is 1.63. The first-order valence-corrected chi connectivity index (χ1v) is 6.94. The second kappa shape index (κ2) is 5.71. The normalized spacial score (nSPS) is 25.3. The van der Waals surface area contributed by atoms with Gasteiger partial charge in [0.1, 0.15) is 5.82 Å². The lowest BCUT2D eigenvalue weighted by Gasteiger charge is -2.38. The number of benzene rings is 1. The molecule has 6 heteroatoms. The highest BCUT2D eigenvalue weighted by Gasteiger charge is 2.44. The summed E-state index contributed by atoms with van der Waals surface area (Å²) in [5.41, 5.74) is 4.38. The molecular weight excluding hydrogens is 275 g/mol. The number of rotatable bonds is 3. The van der Waals surface area contributed by atoms with E-state index in [0.717, 1.165) is 12.8 Å². The predicted molar refractivity (Wildman–Crippen MR) is 76.3 cm³/mol. The van der Waals surface area contributed by atoms with Crippen LogP contribution in [0.3, 0.4) is 0 Å². The fourth-order valence-corrected chi connectivity index (χ4v) is 2.79. The number of carbonyl (C=O) groups excluding carboxylic acids is 1. The molecule has 2 rings (SSSR count). The average Bonchev–Trinajstić information content (AvgIpc) is 2.44. The molecule has 0 spiro atoms. The fraction of sp³-hybridized carbons (Fsp3) is 0.467. The number of halogens is 1. The van der Waals surface area contributed by atoms with Gasteiger partial charge in [-0.2, -0.15) is 0 Å². The molecule has 2 atom stereocenters. The van der Waals surface area contributed by atoms with Gasteiger partial charge in [0, 0.05) is 6.04 Å². The van der Waals surface area contributed by atoms with Gasteiger partial charge in [-0.25, -0.2) is 4.39 Å². The number of hydrogen-bond donors (Lipinski definition) is 3. The van der Waals surface area contributed by atoms with Crippen LogP contribution in [0.15, 0.2) is 18.2 Å². The summed E-state index contributed by atoms with van der Waals surface area (Å²) in [6.07, 6.45) is 2.76. The first kappa shape index (κ1) is 15.3. The van der Waals surface area contributed by atoms with Gasteiger partial charge in [-0.05, 0) is 31.9 Å². The molecule has 1 aliphatic carbocycles. The molecule has 0 heterocycles. The number of nitrogens with two attached hydrogens (primary N) is 1. The minimum absolute atomic E-state index is 0.0355. The minimum atomic E-state index is -1.00. The Morgan fingerprint density at radius 1 is 1.43 bits per heavy atom. The van der Waals surface area contributed by atoms with Crippen molar-refractivity contribution in [2.45, 2.75) is 38.6 Å². The van der Waals surface area contributed by atoms with Crippen LogP contribution in [0.25, 0.3) is 0 Å². The molecule has 1 saturated carbocycles. The topological polar surface area (TPSA) is 92.4 Å². The van der Waals surface area contributed by atoms with E-state index >= 15 is 0 Å². The maximum absolute atomic E-state index is 13.4. The summed E-state index contributed by atoms with van der Waals surface area (Å²) in [7, 11) is 0. The van der Waals surface area contributed by atoms with E-state index in [1.807, 2.05) is 0 Å². The summed E-state index contributed by atoms with van der Waals surface area (Å²) in [5.74, 6) is -2.13. The Balaban J connectivity index is 2.21. The van der Waals surface area contributed by atoms with Crippen molar-refractivity contribution in [3.63, 3.8) is 0 Å². The third-order valence-corrected chi connectivity index (χ3v) is 4.30. The van der Waals surface area contributed by atoms with E-state index in [1.54, 1.807) is 6.92 Å². The molecule has 1 amide bonds. The van der Waals surface area contributed by atoms with E-state index in [4.69, 9.17) is 5.73 Å². The monoisotopic (exact) mass is 294 g/mol. The molecule has 1 aromatic carbocycles. The number of nitrogens with one attached hydrogen (secondary N) is 1. The molecule has 5 nitrogen and oxygen atoms in total. The van der Waals surface area contributed by atoms with Crippen LogP contribution in [0.5, 0.6) is 0 Å². The van der Waals surface area contributed by atoms with E-state index in [-0.39, 0.29) is 11.3 Å². The Bertz CT molecular complexity index is 576. The van der Waals surface area contributed by atoms with E-state index < -0.39 is 29.2 Å². The van der Waals surface area contributed by atoms with Crippen LogP contribution in [-0.4, -0.2) is 23.0 Å². The lowest BCUT2D eigenvalue weighted by molar-refractivity contribution is -0.151. The molecule has 21 heavy (non-hydrogen) atoms. The van der Waals surface area contributed by atoms with Crippen molar-refractivity contribution in [3.8, 4) is 0 Å². The quantitative estimate of drug-likeness (QED) is 0.745. The summed E-state index contributed by atoms with van der Waals surface area (Å²) in [4.78, 5) is 23.7. The third-order valence-electron chi connectivity index (χ3n) is 4.30. The van der Waals surface area contributed by atoms with Crippen LogP contribution in [0, 0.1) is 11.2 Å². The molecule has 4 N–H and O–H groups in total. The number of aliphatic carboxylic acids is 1. The zero-order chi connectivity index (χ0) is 15.6. The van der Waals surface area contributed by atoms with Crippen molar-refractivity contribution >= 4 is 17.6 Å². The van der Waals surface area contributed by atoms with Crippen LogP contribution in [0.2, 0.25) is 0 Å². The van der Waals surface area contributed by atoms with E-state index in [0.29, 0.717) is 12.8 Å². The maximum atomic E-state index is 13.4. The largest absolute Gasteiger partial charge is 0.481 e. The number of carboxylic acids is 1. The van der Waals surface area contributed by atoms with Crippen molar-refractivity contribution in [2.24, 2.45) is 5.41 Å². The van der Waals surface area contributed by atoms with E-state index in [9.17, 15) is 19.1 Å². The number of nitrogen functional groups attached to an aromatic ring is 1. The van der Waals surface area contributed by atoms with Crippen LogP contribution in [-0.2, 0) is 4.79 Å². The summed E-state index contributed by atoms with van der Waals surface area (Å²) in [6, 6.07) is 3.51. The second-order valence-corrected chi connectivity index (χ2v) is 5.70. The van der Waals surface area contributed by atoms with Gasteiger partial charge in [0.25, 0.3) is 5.91 Å². The molecule has 1 aliphatic rings. The maximum Gasteiger partial charge on any atom is 0.311 e. The standard InChI is InChI=1S/C15H19FN2O3/c1-15(14(20)21)8-3-2-7-11(15)18-13(19)9-5-4-6-10(16)12(9)17/h4-6,11H,2-3,7-8,17H2,1H3,(H,18,19)(H,20,21). The van der Waals surface area contributed by atoms with Crippen LogP contribution in [0.1, 0.15) is 43.0 Å². The van der Waals surface area contributed by atoms with E-state index in [1.165, 1.54) is 18.2 Å². The van der Waals surface area contributed by atoms with Gasteiger partial charge in [-0.1, -0.05) is 18.9 Å². The zero-order valence-corrected chi connectivity index (χ0v) is 11.9. The molecule has 2 unspecified atom stereocenters. The van der Waals surface area contributed by atoms with Gasteiger partial charge in [-0.15, -0.1) is 0 Å². The molecule has 1 aromatic rings. The molecule has 114 valence electrons. The van der Waals surface area contributed by atoms with Crippen molar-refractivity contribution in [1.82, 2.24) is 5.32 Å². The predicted octanol–water partition coefficient (Wildman–Crippen LogP) is 2.17. The molecule has 0 saturated heterocycles. The zero-order valence-electron chi connectivity index (χ0n) is 11.9. The van der Waals surface area contributed by atoms with Crippen molar-refractivity contribution in [1.29, 1.82) is 0 Å². The van der Waals surface area contributed by atoms with E-state index in [2.05, 4.69) is 5.32 Å². The summed E-state index contributed by atoms with van der Waals surface area (Å²) >= 11 is 0. The number of anilines is 1. The van der Waals surface area contributed by atoms with Gasteiger partial charge in [-0.3, -0.25) is 9.59 Å². The molecule has 0 bridgehead atoms. The van der Waals surface area contributed by atoms with Crippen molar-refractivity contribution in [3.05, 3.63) is 29.6 Å². The average molecular weight is 294 g/mol. The number of carboxylic acid groups (broad SMARTS) is 1. The van der Waals surface area contributed by atoms with Crippen molar-refractivity contribution in [2.75, 3.05) is 5.73 Å². The van der Waals surface area contributed by atoms with Gasteiger partial charge >= 0.3 is 5.97 Å². The number of amides is 1. The second-order valence-electron chi connectivity index (χ2n) is 5.70. The molecular formula is C15H19FN2O3. The molecule has 1 fully saturated rings. The fourth-order valence-electron chi connectivity index (χ4n) is 2.79. The molecule has 0 radical (unpaired) electrons. The minimum Gasteiger partial charge on any atom is -0.481 e. The lowest BCUT2D eigenvalue weighted by atomic mass is 9.71. The molecule has 0 aliphatic heterocycles. The Labute approximate surface area is 122 Å². The SMILES string of the molecule is CC1(C(=O)O)CCCCC1NC(=O)c1cccc(F)c1N. The van der Waals surface area contributed by atoms with Crippen LogP contribution >= 0.6 is 0 Å². The van der Waals surface area contributed by atoms with Gasteiger partial charge in [0.05, 0.1) is 16.7 Å². The van der Waals surface area contributed by atoms with Crippen molar-refractivity contribution < 1.29 is 19.1 Å². The summed E-state index contributed by atoms with van der Waals surface area (Å²) < 4.78 is 13.4. The van der Waals surface area contributed by atoms with Gasteiger partial charge in [0.2, 0.25) is 0 Å². The van der Waals surface area contributed by atoms with Gasteiger partial charge in [0.15, 0.2) is 0 Å². The highest BCUT2D eigenvalue weighted by molar-refractivity contribution is 5.99. The number of hydrogen-bond acceptors (Lipinski definition) is 3. The third kappa shape index (κ3) is 2.84. The first-order chi connectivity index (χ1) is 9.86. The Kier molecular flexibility index (Phi) is 4.16. The summed E-state index contributed by atoms with van der Waals surface area (Å²) in [5, 5.41) is 12.1. The lowest BCUT2D eigenvalue weighted by Crippen LogP contribution is -2.52. The Hall–Kier alpha value is -2.11. The smallest absolute Gasteiger partial charge is 0.311 e.